The smallest absolute Gasteiger partial charge is 0.275 e. The number of aromatic hydroxyl groups is 1. The number of aryl methyl sites for hydroxylation is 1. The van der Waals surface area contributed by atoms with Gasteiger partial charge >= 0.3 is 0 Å². The molecule has 0 saturated heterocycles. The van der Waals surface area contributed by atoms with E-state index in [4.69, 9.17) is 4.74 Å². The number of rotatable bonds is 4. The largest absolute Gasteiger partial charge is 0.497 e. The molecule has 3 rings (SSSR count). The summed E-state index contributed by atoms with van der Waals surface area (Å²) in [6.45, 7) is 1.95. The molecule has 124 valence electrons. The molecule has 0 saturated carbocycles. The van der Waals surface area contributed by atoms with Crippen LogP contribution in [-0.4, -0.2) is 27.5 Å². The SMILES string of the molecule is COc1ccc(CNC(=O)c2c(O)nc3scc(C)n3c2=O)cc1. The third-order valence-corrected chi connectivity index (χ3v) is 4.50. The molecular formula is C16H15N3O4S. The number of hydrogen-bond acceptors (Lipinski definition) is 6. The molecule has 2 aromatic heterocycles. The normalized spacial score (nSPS) is 10.8. The number of hydrogen-bond donors (Lipinski definition) is 2. The predicted molar refractivity (Wildman–Crippen MR) is 89.9 cm³/mol. The quantitative estimate of drug-likeness (QED) is 0.751. The van der Waals surface area contributed by atoms with Crippen molar-refractivity contribution >= 4 is 22.2 Å². The van der Waals surface area contributed by atoms with Crippen molar-refractivity contribution in [2.75, 3.05) is 7.11 Å². The first-order valence-corrected chi connectivity index (χ1v) is 8.00. The number of aromatic nitrogens is 2. The van der Waals surface area contributed by atoms with Crippen molar-refractivity contribution in [3.63, 3.8) is 0 Å². The third kappa shape index (κ3) is 2.83. The molecule has 0 aliphatic heterocycles. The molecule has 0 radical (unpaired) electrons. The molecule has 0 aliphatic rings. The van der Waals surface area contributed by atoms with E-state index in [2.05, 4.69) is 10.3 Å². The van der Waals surface area contributed by atoms with Crippen LogP contribution in [-0.2, 0) is 6.54 Å². The summed E-state index contributed by atoms with van der Waals surface area (Å²) in [6, 6.07) is 7.15. The Hall–Kier alpha value is -2.87. The molecule has 0 fully saturated rings. The highest BCUT2D eigenvalue weighted by Crippen LogP contribution is 2.17. The molecule has 0 unspecified atom stereocenters. The van der Waals surface area contributed by atoms with Gasteiger partial charge in [0.2, 0.25) is 5.88 Å². The fraction of sp³-hybridized carbons (Fsp3) is 0.188. The minimum Gasteiger partial charge on any atom is -0.497 e. The first-order valence-electron chi connectivity index (χ1n) is 7.12. The highest BCUT2D eigenvalue weighted by Gasteiger charge is 2.21. The number of thiazole rings is 1. The van der Waals surface area contributed by atoms with E-state index in [1.807, 2.05) is 0 Å². The number of ether oxygens (including phenoxy) is 1. The number of methoxy groups -OCH3 is 1. The van der Waals surface area contributed by atoms with Crippen LogP contribution in [0.15, 0.2) is 34.4 Å². The number of nitrogens with one attached hydrogen (secondary N) is 1. The van der Waals surface area contributed by atoms with Crippen LogP contribution in [0.1, 0.15) is 21.6 Å². The van der Waals surface area contributed by atoms with Gasteiger partial charge in [-0.1, -0.05) is 12.1 Å². The monoisotopic (exact) mass is 345 g/mol. The van der Waals surface area contributed by atoms with Crippen LogP contribution in [0.25, 0.3) is 4.96 Å². The zero-order valence-electron chi connectivity index (χ0n) is 13.1. The van der Waals surface area contributed by atoms with E-state index in [-0.39, 0.29) is 12.1 Å². The van der Waals surface area contributed by atoms with Gasteiger partial charge in [0.1, 0.15) is 5.75 Å². The number of nitrogens with zero attached hydrogens (tertiary/aromatic N) is 2. The summed E-state index contributed by atoms with van der Waals surface area (Å²) in [5, 5.41) is 14.3. The van der Waals surface area contributed by atoms with Crippen molar-refractivity contribution in [2.45, 2.75) is 13.5 Å². The van der Waals surface area contributed by atoms with Crippen molar-refractivity contribution in [3.8, 4) is 11.6 Å². The number of carbonyl (C=O) groups excluding carboxylic acids is 1. The van der Waals surface area contributed by atoms with Gasteiger partial charge in [-0.05, 0) is 24.6 Å². The predicted octanol–water partition coefficient (Wildman–Crippen LogP) is 1.71. The Morgan fingerprint density at radius 3 is 2.75 bits per heavy atom. The van der Waals surface area contributed by atoms with E-state index < -0.39 is 17.3 Å². The third-order valence-electron chi connectivity index (χ3n) is 3.56. The summed E-state index contributed by atoms with van der Waals surface area (Å²) in [6.07, 6.45) is 0. The standard InChI is InChI=1S/C16H15N3O4S/c1-9-8-24-16-18-14(21)12(15(22)19(9)16)13(20)17-7-10-3-5-11(23-2)6-4-10/h3-6,8,21H,7H2,1-2H3,(H,17,20). The summed E-state index contributed by atoms with van der Waals surface area (Å²) in [5.74, 6) is -0.515. The summed E-state index contributed by atoms with van der Waals surface area (Å²) in [7, 11) is 1.57. The van der Waals surface area contributed by atoms with Gasteiger partial charge in [-0.2, -0.15) is 4.98 Å². The van der Waals surface area contributed by atoms with Gasteiger partial charge < -0.3 is 15.2 Å². The summed E-state index contributed by atoms with van der Waals surface area (Å²) in [5.41, 5.74) is 0.562. The van der Waals surface area contributed by atoms with Crippen LogP contribution in [0.2, 0.25) is 0 Å². The zero-order chi connectivity index (χ0) is 17.3. The Morgan fingerprint density at radius 2 is 2.08 bits per heavy atom. The minimum absolute atomic E-state index is 0.215. The van der Waals surface area contributed by atoms with E-state index in [1.54, 1.807) is 43.7 Å². The summed E-state index contributed by atoms with van der Waals surface area (Å²) >= 11 is 1.22. The van der Waals surface area contributed by atoms with Gasteiger partial charge in [0.15, 0.2) is 10.5 Å². The van der Waals surface area contributed by atoms with E-state index in [1.165, 1.54) is 15.7 Å². The molecule has 2 N–H and O–H groups in total. The van der Waals surface area contributed by atoms with E-state index in [9.17, 15) is 14.7 Å². The summed E-state index contributed by atoms with van der Waals surface area (Å²) in [4.78, 5) is 29.0. The second-order valence-corrected chi connectivity index (χ2v) is 5.98. The maximum Gasteiger partial charge on any atom is 0.275 e. The van der Waals surface area contributed by atoms with Gasteiger partial charge in [0, 0.05) is 17.6 Å². The van der Waals surface area contributed by atoms with Crippen LogP contribution in [0.4, 0.5) is 0 Å². The molecule has 0 spiro atoms. The molecule has 1 amide bonds. The number of fused-ring (bicyclic) bond motifs is 1. The zero-order valence-corrected chi connectivity index (χ0v) is 13.9. The first kappa shape index (κ1) is 16.0. The van der Waals surface area contributed by atoms with Gasteiger partial charge in [-0.25, -0.2) is 0 Å². The molecular weight excluding hydrogens is 330 g/mol. The maximum absolute atomic E-state index is 12.5. The lowest BCUT2D eigenvalue weighted by Crippen LogP contribution is -2.31. The lowest BCUT2D eigenvalue weighted by molar-refractivity contribution is 0.0945. The van der Waals surface area contributed by atoms with Crippen LogP contribution in [0, 0.1) is 6.92 Å². The number of amides is 1. The lowest BCUT2D eigenvalue weighted by atomic mass is 10.2. The van der Waals surface area contributed by atoms with Gasteiger partial charge in [-0.3, -0.25) is 14.0 Å². The maximum atomic E-state index is 12.5. The molecule has 0 bridgehead atoms. The van der Waals surface area contributed by atoms with E-state index in [0.717, 1.165) is 5.56 Å². The highest BCUT2D eigenvalue weighted by atomic mass is 32.1. The Labute approximate surface area is 141 Å². The topological polar surface area (TPSA) is 92.9 Å². The number of carbonyl (C=O) groups is 1. The molecule has 0 atom stereocenters. The van der Waals surface area contributed by atoms with Crippen molar-refractivity contribution < 1.29 is 14.6 Å². The molecule has 1 aromatic carbocycles. The van der Waals surface area contributed by atoms with E-state index in [0.29, 0.717) is 16.4 Å². The van der Waals surface area contributed by atoms with Gasteiger partial charge in [0.25, 0.3) is 11.5 Å². The second-order valence-electron chi connectivity index (χ2n) is 5.14. The fourth-order valence-corrected chi connectivity index (χ4v) is 3.14. The molecule has 0 aliphatic carbocycles. The summed E-state index contributed by atoms with van der Waals surface area (Å²) < 4.78 is 6.38. The van der Waals surface area contributed by atoms with Crippen LogP contribution in [0.3, 0.4) is 0 Å². The minimum atomic E-state index is -0.666. The average Bonchev–Trinajstić information content (AvgIpc) is 2.94. The van der Waals surface area contributed by atoms with Crippen LogP contribution in [0.5, 0.6) is 11.6 Å². The molecule has 7 nitrogen and oxygen atoms in total. The van der Waals surface area contributed by atoms with Gasteiger partial charge in [-0.15, -0.1) is 11.3 Å². The van der Waals surface area contributed by atoms with Gasteiger partial charge in [0.05, 0.1) is 7.11 Å². The van der Waals surface area contributed by atoms with Crippen molar-refractivity contribution in [3.05, 3.63) is 56.8 Å². The van der Waals surface area contributed by atoms with Crippen molar-refractivity contribution in [1.82, 2.24) is 14.7 Å². The Morgan fingerprint density at radius 1 is 1.38 bits per heavy atom. The molecule has 3 aromatic rings. The van der Waals surface area contributed by atoms with E-state index >= 15 is 0 Å². The van der Waals surface area contributed by atoms with Crippen LogP contribution >= 0.6 is 11.3 Å². The Kier molecular flexibility index (Phi) is 4.22. The van der Waals surface area contributed by atoms with Crippen LogP contribution < -0.4 is 15.6 Å². The Balaban J connectivity index is 1.85. The van der Waals surface area contributed by atoms with Crippen molar-refractivity contribution in [2.24, 2.45) is 0 Å². The molecule has 24 heavy (non-hydrogen) atoms. The molecule has 2 heterocycles. The molecule has 8 heteroatoms. The highest BCUT2D eigenvalue weighted by molar-refractivity contribution is 7.15. The average molecular weight is 345 g/mol. The van der Waals surface area contributed by atoms with Crippen molar-refractivity contribution in [1.29, 1.82) is 0 Å². The lowest BCUT2D eigenvalue weighted by Gasteiger charge is -2.07. The number of benzene rings is 1. The fourth-order valence-electron chi connectivity index (χ4n) is 2.28. The Bertz CT molecular complexity index is 960. The first-order chi connectivity index (χ1) is 11.5. The second kappa shape index (κ2) is 6.32.